The van der Waals surface area contributed by atoms with E-state index in [1.165, 1.54) is 37.9 Å². The summed E-state index contributed by atoms with van der Waals surface area (Å²) in [5, 5.41) is 3.69. The van der Waals surface area contributed by atoms with Gasteiger partial charge >= 0.3 is 0 Å². The summed E-state index contributed by atoms with van der Waals surface area (Å²) < 4.78 is 6.17. The van der Waals surface area contributed by atoms with Crippen molar-refractivity contribution >= 4 is 11.8 Å². The number of hydrogen-bond donors (Lipinski definition) is 1. The van der Waals surface area contributed by atoms with Crippen LogP contribution in [0.2, 0.25) is 0 Å². The van der Waals surface area contributed by atoms with Crippen molar-refractivity contribution in [1.82, 2.24) is 5.32 Å². The molecular weight excluding hydrogens is 218 g/mol. The zero-order valence-corrected chi connectivity index (χ0v) is 11.4. The average molecular weight is 243 g/mol. The summed E-state index contributed by atoms with van der Waals surface area (Å²) >= 11 is 2.14. The Bertz CT molecular complexity index is 210. The molecule has 0 spiro atoms. The van der Waals surface area contributed by atoms with Crippen molar-refractivity contribution in [3.8, 4) is 0 Å². The molecule has 0 aromatic rings. The van der Waals surface area contributed by atoms with Crippen LogP contribution >= 0.6 is 11.8 Å². The fourth-order valence-corrected chi connectivity index (χ4v) is 3.93. The molecule has 0 aliphatic carbocycles. The SMILES string of the molecule is CC(CC1CCCO1)NCC1(C)CCCS1. The van der Waals surface area contributed by atoms with Crippen LogP contribution in [-0.4, -0.2) is 35.8 Å². The van der Waals surface area contributed by atoms with Gasteiger partial charge in [-0.15, -0.1) is 0 Å². The maximum absolute atomic E-state index is 5.68. The van der Waals surface area contributed by atoms with Gasteiger partial charge in [-0.3, -0.25) is 0 Å². The first kappa shape index (κ1) is 12.7. The molecular formula is C13H25NOS. The zero-order valence-electron chi connectivity index (χ0n) is 10.6. The number of hydrogen-bond acceptors (Lipinski definition) is 3. The topological polar surface area (TPSA) is 21.3 Å². The Kier molecular flexibility index (Phi) is 4.57. The van der Waals surface area contributed by atoms with Gasteiger partial charge in [0.15, 0.2) is 0 Å². The molecule has 3 atom stereocenters. The molecule has 3 unspecified atom stereocenters. The molecule has 3 heteroatoms. The Labute approximate surface area is 104 Å². The fourth-order valence-electron chi connectivity index (χ4n) is 2.67. The number of nitrogens with one attached hydrogen (secondary N) is 1. The summed E-state index contributed by atoms with van der Waals surface area (Å²) in [7, 11) is 0. The Balaban J connectivity index is 1.64. The van der Waals surface area contributed by atoms with E-state index in [1.807, 2.05) is 0 Å². The molecule has 16 heavy (non-hydrogen) atoms. The Morgan fingerprint density at radius 3 is 3.00 bits per heavy atom. The Hall–Kier alpha value is 0.270. The lowest BCUT2D eigenvalue weighted by Crippen LogP contribution is -2.39. The highest BCUT2D eigenvalue weighted by molar-refractivity contribution is 8.00. The molecule has 2 aliphatic rings. The molecule has 2 fully saturated rings. The fraction of sp³-hybridized carbons (Fsp3) is 1.00. The van der Waals surface area contributed by atoms with E-state index in [1.54, 1.807) is 0 Å². The van der Waals surface area contributed by atoms with Gasteiger partial charge in [-0.2, -0.15) is 11.8 Å². The lowest BCUT2D eigenvalue weighted by molar-refractivity contribution is 0.0961. The lowest BCUT2D eigenvalue weighted by atomic mass is 10.0. The second kappa shape index (κ2) is 5.74. The van der Waals surface area contributed by atoms with E-state index >= 15 is 0 Å². The third-order valence-electron chi connectivity index (χ3n) is 3.77. The van der Waals surface area contributed by atoms with Gasteiger partial charge in [-0.05, 0) is 51.7 Å². The molecule has 0 aromatic heterocycles. The molecule has 0 amide bonds. The third-order valence-corrected chi connectivity index (χ3v) is 5.30. The quantitative estimate of drug-likeness (QED) is 0.802. The molecule has 2 saturated heterocycles. The van der Waals surface area contributed by atoms with Crippen molar-refractivity contribution in [2.75, 3.05) is 18.9 Å². The second-order valence-electron chi connectivity index (χ2n) is 5.55. The van der Waals surface area contributed by atoms with Crippen molar-refractivity contribution in [1.29, 1.82) is 0 Å². The normalized spacial score (nSPS) is 36.8. The molecule has 2 nitrogen and oxygen atoms in total. The van der Waals surface area contributed by atoms with E-state index in [0.29, 0.717) is 16.9 Å². The van der Waals surface area contributed by atoms with Gasteiger partial charge in [-0.1, -0.05) is 0 Å². The van der Waals surface area contributed by atoms with Crippen molar-refractivity contribution < 1.29 is 4.74 Å². The first-order chi connectivity index (χ1) is 7.68. The van der Waals surface area contributed by atoms with Gasteiger partial charge in [0.2, 0.25) is 0 Å². The molecule has 0 saturated carbocycles. The summed E-state index contributed by atoms with van der Waals surface area (Å²) in [5.41, 5.74) is 0. The maximum atomic E-state index is 5.68. The van der Waals surface area contributed by atoms with E-state index < -0.39 is 0 Å². The van der Waals surface area contributed by atoms with Gasteiger partial charge in [0.05, 0.1) is 6.10 Å². The second-order valence-corrected chi connectivity index (χ2v) is 7.24. The third kappa shape index (κ3) is 3.64. The number of thioether (sulfide) groups is 1. The van der Waals surface area contributed by atoms with Crippen molar-refractivity contribution in [2.45, 2.75) is 62.8 Å². The van der Waals surface area contributed by atoms with Crippen LogP contribution in [0, 0.1) is 0 Å². The summed E-state index contributed by atoms with van der Waals surface area (Å²) in [6.45, 7) is 6.83. The molecule has 0 radical (unpaired) electrons. The molecule has 1 N–H and O–H groups in total. The van der Waals surface area contributed by atoms with Crippen molar-refractivity contribution in [3.63, 3.8) is 0 Å². The van der Waals surface area contributed by atoms with Gasteiger partial charge in [0.25, 0.3) is 0 Å². The number of rotatable bonds is 5. The van der Waals surface area contributed by atoms with Crippen LogP contribution in [-0.2, 0) is 4.74 Å². The summed E-state index contributed by atoms with van der Waals surface area (Å²) in [6.07, 6.45) is 6.98. The first-order valence-electron chi connectivity index (χ1n) is 6.67. The minimum absolute atomic E-state index is 0.491. The molecule has 94 valence electrons. The highest BCUT2D eigenvalue weighted by atomic mass is 32.2. The van der Waals surface area contributed by atoms with E-state index in [0.717, 1.165) is 13.2 Å². The lowest BCUT2D eigenvalue weighted by Gasteiger charge is -2.26. The van der Waals surface area contributed by atoms with Crippen LogP contribution in [0.5, 0.6) is 0 Å². The Morgan fingerprint density at radius 2 is 2.38 bits per heavy atom. The van der Waals surface area contributed by atoms with Crippen LogP contribution in [0.4, 0.5) is 0 Å². The average Bonchev–Trinajstić information content (AvgIpc) is 2.88. The van der Waals surface area contributed by atoms with E-state index in [-0.39, 0.29) is 0 Å². The summed E-state index contributed by atoms with van der Waals surface area (Å²) in [6, 6.07) is 0.598. The van der Waals surface area contributed by atoms with Crippen LogP contribution in [0.25, 0.3) is 0 Å². The highest BCUT2D eigenvalue weighted by Crippen LogP contribution is 2.37. The minimum Gasteiger partial charge on any atom is -0.378 e. The maximum Gasteiger partial charge on any atom is 0.0590 e. The molecule has 2 rings (SSSR count). The van der Waals surface area contributed by atoms with E-state index in [9.17, 15) is 0 Å². The predicted octanol–water partition coefficient (Wildman–Crippen LogP) is 2.82. The summed E-state index contributed by atoms with van der Waals surface area (Å²) in [5.74, 6) is 1.35. The van der Waals surface area contributed by atoms with Crippen molar-refractivity contribution in [3.05, 3.63) is 0 Å². The smallest absolute Gasteiger partial charge is 0.0590 e. The van der Waals surface area contributed by atoms with Gasteiger partial charge < -0.3 is 10.1 Å². The van der Waals surface area contributed by atoms with Crippen LogP contribution < -0.4 is 5.32 Å². The van der Waals surface area contributed by atoms with Gasteiger partial charge in [-0.25, -0.2) is 0 Å². The molecule has 2 aliphatic heterocycles. The van der Waals surface area contributed by atoms with Crippen LogP contribution in [0.15, 0.2) is 0 Å². The molecule has 0 bridgehead atoms. The van der Waals surface area contributed by atoms with E-state index in [2.05, 4.69) is 30.9 Å². The molecule has 0 aromatic carbocycles. The first-order valence-corrected chi connectivity index (χ1v) is 7.65. The zero-order chi connectivity index (χ0) is 11.4. The minimum atomic E-state index is 0.491. The summed E-state index contributed by atoms with van der Waals surface area (Å²) in [4.78, 5) is 0. The van der Waals surface area contributed by atoms with Crippen LogP contribution in [0.1, 0.15) is 46.0 Å². The molecule has 2 heterocycles. The van der Waals surface area contributed by atoms with Crippen molar-refractivity contribution in [2.24, 2.45) is 0 Å². The van der Waals surface area contributed by atoms with Crippen LogP contribution in [0.3, 0.4) is 0 Å². The number of ether oxygens (including phenoxy) is 1. The standard InChI is InChI=1S/C13H25NOS/c1-11(9-12-5-3-7-15-12)14-10-13(2)6-4-8-16-13/h11-12,14H,3-10H2,1-2H3. The van der Waals surface area contributed by atoms with Gasteiger partial charge in [0.1, 0.15) is 0 Å². The predicted molar refractivity (Wildman–Crippen MR) is 71.2 cm³/mol. The Morgan fingerprint density at radius 1 is 1.50 bits per heavy atom. The highest BCUT2D eigenvalue weighted by Gasteiger charge is 2.29. The van der Waals surface area contributed by atoms with E-state index in [4.69, 9.17) is 4.74 Å². The largest absolute Gasteiger partial charge is 0.378 e. The van der Waals surface area contributed by atoms with Gasteiger partial charge in [0, 0.05) is 23.9 Å². The monoisotopic (exact) mass is 243 g/mol.